The van der Waals surface area contributed by atoms with Crippen molar-refractivity contribution in [1.29, 1.82) is 5.26 Å². The normalized spacial score (nSPS) is 16.0. The molecule has 3 aromatic rings. The van der Waals surface area contributed by atoms with Crippen LogP contribution in [-0.2, 0) is 10.0 Å². The van der Waals surface area contributed by atoms with Crippen LogP contribution in [0.15, 0.2) is 71.1 Å². The van der Waals surface area contributed by atoms with Gasteiger partial charge in [0, 0.05) is 44.8 Å². The molecule has 9 heteroatoms. The molecule has 212 valence electrons. The minimum Gasteiger partial charge on any atom is -0.370 e. The lowest BCUT2D eigenvalue weighted by Crippen LogP contribution is -2.49. The number of anilines is 2. The summed E-state index contributed by atoms with van der Waals surface area (Å²) in [5.41, 5.74) is 7.43. The number of para-hydroxylation sites is 2. The first-order chi connectivity index (χ1) is 19.7. The molecule has 41 heavy (non-hydrogen) atoms. The third-order valence-corrected chi connectivity index (χ3v) is 9.01. The number of hydrogen-bond acceptors (Lipinski definition) is 6. The topological polar surface area (TPSA) is 111 Å². The molecule has 2 aliphatic heterocycles. The quantitative estimate of drug-likeness (QED) is 0.486. The maximum absolute atomic E-state index is 13.6. The van der Waals surface area contributed by atoms with Gasteiger partial charge in [0.1, 0.15) is 11.0 Å². The van der Waals surface area contributed by atoms with E-state index in [-0.39, 0.29) is 10.8 Å². The molecule has 2 saturated heterocycles. The lowest BCUT2D eigenvalue weighted by molar-refractivity contribution is 0.0746. The molecule has 2 N–H and O–H groups in total. The Morgan fingerprint density at radius 1 is 0.854 bits per heavy atom. The Balaban J connectivity index is 1.28. The van der Waals surface area contributed by atoms with Crippen LogP contribution in [0.25, 0.3) is 6.08 Å². The molecular weight excluding hydrogens is 534 g/mol. The molecular formula is C32H35N5O3S. The monoisotopic (exact) mass is 569 g/mol. The summed E-state index contributed by atoms with van der Waals surface area (Å²) in [5, 5.41) is 14.9. The van der Waals surface area contributed by atoms with Gasteiger partial charge in [-0.1, -0.05) is 42.0 Å². The number of nitrogens with zero attached hydrogens (tertiary/aromatic N) is 4. The molecule has 2 heterocycles. The SMILES string of the molecule is Cc1cc(C)c(C(=O)N2CCN(c3ccccc3S(N)(=O)=O)CC2)cc1C=C1CCN(c2ccccc2C#N)CC1. The molecule has 8 nitrogen and oxygen atoms in total. The van der Waals surface area contributed by atoms with Crippen molar-refractivity contribution in [3.05, 3.63) is 94.1 Å². The number of benzene rings is 3. The van der Waals surface area contributed by atoms with Gasteiger partial charge in [-0.2, -0.15) is 5.26 Å². The first kappa shape index (κ1) is 28.4. The molecule has 0 aliphatic carbocycles. The third kappa shape index (κ3) is 6.14. The van der Waals surface area contributed by atoms with Crippen LogP contribution >= 0.6 is 0 Å². The van der Waals surface area contributed by atoms with Gasteiger partial charge in [-0.05, 0) is 73.7 Å². The molecule has 0 bridgehead atoms. The lowest BCUT2D eigenvalue weighted by Gasteiger charge is -2.37. The number of hydrogen-bond donors (Lipinski definition) is 1. The van der Waals surface area contributed by atoms with Crippen molar-refractivity contribution in [3.8, 4) is 6.07 Å². The summed E-state index contributed by atoms with van der Waals surface area (Å²) in [6.45, 7) is 7.76. The average molecular weight is 570 g/mol. The van der Waals surface area contributed by atoms with Crippen molar-refractivity contribution in [2.24, 2.45) is 5.14 Å². The van der Waals surface area contributed by atoms with Gasteiger partial charge in [-0.3, -0.25) is 4.79 Å². The van der Waals surface area contributed by atoms with Crippen molar-refractivity contribution >= 4 is 33.4 Å². The van der Waals surface area contributed by atoms with E-state index in [4.69, 9.17) is 5.14 Å². The minimum atomic E-state index is -3.85. The maximum atomic E-state index is 13.6. The zero-order valence-electron chi connectivity index (χ0n) is 23.5. The van der Waals surface area contributed by atoms with Crippen molar-refractivity contribution in [1.82, 2.24) is 4.90 Å². The van der Waals surface area contributed by atoms with E-state index in [1.54, 1.807) is 18.2 Å². The van der Waals surface area contributed by atoms with Crippen molar-refractivity contribution < 1.29 is 13.2 Å². The molecule has 0 unspecified atom stereocenters. The highest BCUT2D eigenvalue weighted by atomic mass is 32.2. The summed E-state index contributed by atoms with van der Waals surface area (Å²) >= 11 is 0. The summed E-state index contributed by atoms with van der Waals surface area (Å²) < 4.78 is 24.1. The van der Waals surface area contributed by atoms with Gasteiger partial charge >= 0.3 is 0 Å². The molecule has 5 rings (SSSR count). The summed E-state index contributed by atoms with van der Waals surface area (Å²) in [6, 6.07) is 20.8. The molecule has 3 aromatic carbocycles. The van der Waals surface area contributed by atoms with Crippen LogP contribution in [0.3, 0.4) is 0 Å². The summed E-state index contributed by atoms with van der Waals surface area (Å²) in [6.07, 6.45) is 4.03. The average Bonchev–Trinajstić information content (AvgIpc) is 2.98. The van der Waals surface area contributed by atoms with Gasteiger partial charge < -0.3 is 14.7 Å². The van der Waals surface area contributed by atoms with Gasteiger partial charge in [0.2, 0.25) is 10.0 Å². The molecule has 2 fully saturated rings. The second kappa shape index (κ2) is 11.8. The van der Waals surface area contributed by atoms with Crippen molar-refractivity contribution in [3.63, 3.8) is 0 Å². The Hall–Kier alpha value is -4.13. The number of nitriles is 1. The van der Waals surface area contributed by atoms with Crippen LogP contribution in [0.2, 0.25) is 0 Å². The van der Waals surface area contributed by atoms with Crippen LogP contribution < -0.4 is 14.9 Å². The van der Waals surface area contributed by atoms with Gasteiger partial charge in [-0.25, -0.2) is 13.6 Å². The van der Waals surface area contributed by atoms with Crippen LogP contribution in [-0.4, -0.2) is 58.5 Å². The van der Waals surface area contributed by atoms with E-state index in [9.17, 15) is 18.5 Å². The summed E-state index contributed by atoms with van der Waals surface area (Å²) in [7, 11) is -3.85. The van der Waals surface area contributed by atoms with Gasteiger partial charge in [-0.15, -0.1) is 0 Å². The van der Waals surface area contributed by atoms with Crippen LogP contribution in [0.1, 0.15) is 45.5 Å². The van der Waals surface area contributed by atoms with E-state index in [0.29, 0.717) is 43.0 Å². The number of aryl methyl sites for hydroxylation is 2. The molecule has 1 amide bonds. The number of rotatable bonds is 5. The minimum absolute atomic E-state index is 0.00976. The fraction of sp³-hybridized carbons (Fsp3) is 0.312. The molecule has 2 aliphatic rings. The fourth-order valence-corrected chi connectivity index (χ4v) is 6.53. The van der Waals surface area contributed by atoms with Crippen LogP contribution in [0.4, 0.5) is 11.4 Å². The van der Waals surface area contributed by atoms with Crippen LogP contribution in [0, 0.1) is 25.2 Å². The first-order valence-electron chi connectivity index (χ1n) is 13.9. The highest BCUT2D eigenvalue weighted by Crippen LogP contribution is 2.29. The zero-order valence-corrected chi connectivity index (χ0v) is 24.3. The number of carbonyl (C=O) groups excluding carboxylic acids is 1. The first-order valence-corrected chi connectivity index (χ1v) is 15.4. The third-order valence-electron chi connectivity index (χ3n) is 8.05. The fourth-order valence-electron chi connectivity index (χ4n) is 5.78. The zero-order chi connectivity index (χ0) is 29.1. The number of piperidine rings is 1. The maximum Gasteiger partial charge on any atom is 0.254 e. The molecule has 0 spiro atoms. The van der Waals surface area contributed by atoms with Gasteiger partial charge in [0.15, 0.2) is 0 Å². The molecule has 0 saturated carbocycles. The molecule has 0 atom stereocenters. The van der Waals surface area contributed by atoms with E-state index >= 15 is 0 Å². The smallest absolute Gasteiger partial charge is 0.254 e. The lowest BCUT2D eigenvalue weighted by atomic mass is 9.94. The predicted molar refractivity (Wildman–Crippen MR) is 162 cm³/mol. The summed E-state index contributed by atoms with van der Waals surface area (Å²) in [4.78, 5) is 19.8. The Morgan fingerprint density at radius 3 is 2.12 bits per heavy atom. The number of sulfonamides is 1. The number of nitrogens with two attached hydrogens (primary N) is 1. The van der Waals surface area contributed by atoms with Crippen molar-refractivity contribution in [2.75, 3.05) is 49.1 Å². The second-order valence-corrected chi connectivity index (χ2v) is 12.3. The van der Waals surface area contributed by atoms with Gasteiger partial charge in [0.25, 0.3) is 5.91 Å². The predicted octanol–water partition coefficient (Wildman–Crippen LogP) is 4.47. The molecule has 0 aromatic heterocycles. The number of amides is 1. The van der Waals surface area contributed by atoms with E-state index in [2.05, 4.69) is 30.0 Å². The van der Waals surface area contributed by atoms with E-state index in [1.165, 1.54) is 11.6 Å². The molecule has 0 radical (unpaired) electrons. The standard InChI is InChI=1S/C32H35N5O3S/c1-23-19-24(2)28(21-27(23)20-25-11-13-35(14-12-25)29-8-4-3-7-26(29)22-33)32(38)37-17-15-36(16-18-37)30-9-5-6-10-31(30)41(34,39)40/h3-10,19-21H,11-18H2,1-2H3,(H2,34,39,40). The summed E-state index contributed by atoms with van der Waals surface area (Å²) in [5.74, 6) is -0.00976. The van der Waals surface area contributed by atoms with Crippen molar-refractivity contribution in [2.45, 2.75) is 31.6 Å². The second-order valence-electron chi connectivity index (χ2n) is 10.7. The van der Waals surface area contributed by atoms with E-state index < -0.39 is 10.0 Å². The number of carbonyl (C=O) groups is 1. The van der Waals surface area contributed by atoms with Gasteiger partial charge in [0.05, 0.1) is 16.9 Å². The Labute approximate surface area is 242 Å². The highest BCUT2D eigenvalue weighted by Gasteiger charge is 2.26. The van der Waals surface area contributed by atoms with E-state index in [1.807, 2.05) is 47.1 Å². The highest BCUT2D eigenvalue weighted by molar-refractivity contribution is 7.89. The Bertz CT molecular complexity index is 1640. The number of primary sulfonamides is 1. The number of piperazine rings is 1. The Morgan fingerprint density at radius 2 is 1.46 bits per heavy atom. The van der Waals surface area contributed by atoms with Crippen LogP contribution in [0.5, 0.6) is 0 Å². The largest absolute Gasteiger partial charge is 0.370 e. The van der Waals surface area contributed by atoms with E-state index in [0.717, 1.165) is 48.3 Å². The Kier molecular flexibility index (Phi) is 8.15.